The van der Waals surface area contributed by atoms with Gasteiger partial charge < -0.3 is 0 Å². The highest BCUT2D eigenvalue weighted by Gasteiger charge is 2.33. The van der Waals surface area contributed by atoms with Gasteiger partial charge in [-0.05, 0) is 50.5 Å². The van der Waals surface area contributed by atoms with Crippen LogP contribution in [-0.4, -0.2) is 23.1 Å². The zero-order valence-electron chi connectivity index (χ0n) is 13.3. The molecule has 0 unspecified atom stereocenters. The molecule has 0 spiro atoms. The standard InChI is InChI=1S/C19H20FN3/c1-14-17(20)10-11-18(21-14)16-13-23(15-7-3-2-4-8-15)22-12-6-5-9-19(16)22/h2-4,7-8,10-11H,5-6,9,12-13H2,1H3. The van der Waals surface area contributed by atoms with Crippen LogP contribution in [0.25, 0.3) is 5.57 Å². The Bertz CT molecular complexity index is 754. The van der Waals surface area contributed by atoms with E-state index in [-0.39, 0.29) is 5.82 Å². The average Bonchev–Trinajstić information content (AvgIpc) is 2.98. The fourth-order valence-electron chi connectivity index (χ4n) is 3.49. The third-order valence-corrected chi connectivity index (χ3v) is 4.68. The molecule has 2 aromatic rings. The average molecular weight is 309 g/mol. The molecule has 0 bridgehead atoms. The summed E-state index contributed by atoms with van der Waals surface area (Å²) in [5, 5.41) is 4.71. The van der Waals surface area contributed by atoms with Gasteiger partial charge in [0.1, 0.15) is 5.82 Å². The number of piperidine rings is 1. The molecule has 1 fully saturated rings. The van der Waals surface area contributed by atoms with Crippen molar-refractivity contribution in [2.45, 2.75) is 26.2 Å². The first kappa shape index (κ1) is 14.2. The normalized spacial score (nSPS) is 17.7. The molecule has 0 aliphatic carbocycles. The predicted molar refractivity (Wildman–Crippen MR) is 90.2 cm³/mol. The molecular formula is C19H20FN3. The molecule has 1 aromatic carbocycles. The molecule has 0 saturated carbocycles. The van der Waals surface area contributed by atoms with Gasteiger partial charge in [0.05, 0.1) is 23.6 Å². The summed E-state index contributed by atoms with van der Waals surface area (Å²) in [5.74, 6) is -0.238. The number of hydrogen-bond acceptors (Lipinski definition) is 3. The van der Waals surface area contributed by atoms with E-state index in [1.165, 1.54) is 35.9 Å². The Kier molecular flexibility index (Phi) is 3.52. The molecule has 0 atom stereocenters. The van der Waals surface area contributed by atoms with Gasteiger partial charge in [-0.3, -0.25) is 15.0 Å². The first-order chi connectivity index (χ1) is 11.2. The number of pyridine rings is 1. The van der Waals surface area contributed by atoms with Crippen LogP contribution >= 0.6 is 0 Å². The lowest BCUT2D eigenvalue weighted by Gasteiger charge is -2.36. The van der Waals surface area contributed by atoms with E-state index in [0.717, 1.165) is 25.2 Å². The number of allylic oxidation sites excluding steroid dienone is 1. The molecule has 4 heteroatoms. The number of aromatic nitrogens is 1. The van der Waals surface area contributed by atoms with E-state index in [4.69, 9.17) is 0 Å². The quantitative estimate of drug-likeness (QED) is 0.830. The Labute approximate surface area is 136 Å². The monoisotopic (exact) mass is 309 g/mol. The van der Waals surface area contributed by atoms with Crippen LogP contribution in [0.1, 0.15) is 30.7 Å². The molecule has 0 radical (unpaired) electrons. The van der Waals surface area contributed by atoms with Crippen LogP contribution in [0.4, 0.5) is 10.1 Å². The Balaban J connectivity index is 1.75. The zero-order valence-corrected chi connectivity index (χ0v) is 13.3. The summed E-state index contributed by atoms with van der Waals surface area (Å²) in [6.07, 6.45) is 3.48. The topological polar surface area (TPSA) is 19.4 Å². The summed E-state index contributed by atoms with van der Waals surface area (Å²) in [5.41, 5.74) is 5.15. The minimum Gasteiger partial charge on any atom is -0.289 e. The number of para-hydroxylation sites is 1. The van der Waals surface area contributed by atoms with E-state index in [1.807, 2.05) is 12.1 Å². The summed E-state index contributed by atoms with van der Waals surface area (Å²) in [6.45, 7) is 3.57. The van der Waals surface area contributed by atoms with Crippen molar-refractivity contribution in [2.75, 3.05) is 18.1 Å². The van der Waals surface area contributed by atoms with E-state index in [1.54, 1.807) is 6.92 Å². The second kappa shape index (κ2) is 5.69. The second-order valence-electron chi connectivity index (χ2n) is 6.16. The Morgan fingerprint density at radius 2 is 1.83 bits per heavy atom. The molecular weight excluding hydrogens is 289 g/mol. The highest BCUT2D eigenvalue weighted by Crippen LogP contribution is 2.38. The van der Waals surface area contributed by atoms with Gasteiger partial charge in [-0.1, -0.05) is 18.2 Å². The minimum atomic E-state index is -0.238. The largest absolute Gasteiger partial charge is 0.289 e. The Morgan fingerprint density at radius 1 is 1.00 bits per heavy atom. The van der Waals surface area contributed by atoms with Crippen molar-refractivity contribution in [3.63, 3.8) is 0 Å². The number of nitrogens with zero attached hydrogens (tertiary/aromatic N) is 3. The molecule has 23 heavy (non-hydrogen) atoms. The number of rotatable bonds is 2. The van der Waals surface area contributed by atoms with Gasteiger partial charge in [-0.25, -0.2) is 4.39 Å². The highest BCUT2D eigenvalue weighted by atomic mass is 19.1. The zero-order chi connectivity index (χ0) is 15.8. The van der Waals surface area contributed by atoms with Gasteiger partial charge in [0.15, 0.2) is 0 Å². The third kappa shape index (κ3) is 2.48. The Hall–Kier alpha value is -2.36. The van der Waals surface area contributed by atoms with Gasteiger partial charge in [-0.15, -0.1) is 0 Å². The number of halogens is 1. The van der Waals surface area contributed by atoms with Crippen LogP contribution in [0.2, 0.25) is 0 Å². The van der Waals surface area contributed by atoms with Crippen molar-refractivity contribution >= 4 is 11.3 Å². The second-order valence-corrected chi connectivity index (χ2v) is 6.16. The molecule has 4 rings (SSSR count). The predicted octanol–water partition coefficient (Wildman–Crippen LogP) is 4.16. The van der Waals surface area contributed by atoms with E-state index in [9.17, 15) is 4.39 Å². The molecule has 1 saturated heterocycles. The molecule has 3 heterocycles. The molecule has 0 amide bonds. The third-order valence-electron chi connectivity index (χ3n) is 4.68. The van der Waals surface area contributed by atoms with Gasteiger partial charge in [0, 0.05) is 17.8 Å². The minimum absolute atomic E-state index is 0.238. The lowest BCUT2D eigenvalue weighted by atomic mass is 10.0. The van der Waals surface area contributed by atoms with Gasteiger partial charge in [-0.2, -0.15) is 0 Å². The van der Waals surface area contributed by atoms with Crippen molar-refractivity contribution in [3.8, 4) is 0 Å². The number of aryl methyl sites for hydroxylation is 1. The number of anilines is 1. The fourth-order valence-corrected chi connectivity index (χ4v) is 3.49. The first-order valence-corrected chi connectivity index (χ1v) is 8.19. The van der Waals surface area contributed by atoms with Crippen LogP contribution in [0, 0.1) is 12.7 Å². The van der Waals surface area contributed by atoms with E-state index in [2.05, 4.69) is 39.3 Å². The lowest BCUT2D eigenvalue weighted by molar-refractivity contribution is 0.294. The molecule has 118 valence electrons. The van der Waals surface area contributed by atoms with Crippen LogP contribution < -0.4 is 5.01 Å². The summed E-state index contributed by atoms with van der Waals surface area (Å²) >= 11 is 0. The van der Waals surface area contributed by atoms with Gasteiger partial charge >= 0.3 is 0 Å². The summed E-state index contributed by atoms with van der Waals surface area (Å²) < 4.78 is 13.6. The summed E-state index contributed by atoms with van der Waals surface area (Å²) in [7, 11) is 0. The number of hydrazine groups is 1. The van der Waals surface area contributed by atoms with Crippen LogP contribution in [0.3, 0.4) is 0 Å². The van der Waals surface area contributed by atoms with Crippen LogP contribution in [-0.2, 0) is 0 Å². The first-order valence-electron chi connectivity index (χ1n) is 8.19. The Morgan fingerprint density at radius 3 is 2.61 bits per heavy atom. The van der Waals surface area contributed by atoms with Crippen LogP contribution in [0.15, 0.2) is 48.2 Å². The molecule has 2 aliphatic heterocycles. The van der Waals surface area contributed by atoms with Gasteiger partial charge in [0.2, 0.25) is 0 Å². The molecule has 0 N–H and O–H groups in total. The van der Waals surface area contributed by atoms with Crippen LogP contribution in [0.5, 0.6) is 0 Å². The number of benzene rings is 1. The van der Waals surface area contributed by atoms with Crippen molar-refractivity contribution in [2.24, 2.45) is 0 Å². The SMILES string of the molecule is Cc1nc(C2=C3CCCCN3N(c3ccccc3)C2)ccc1F. The molecule has 2 aliphatic rings. The van der Waals surface area contributed by atoms with E-state index >= 15 is 0 Å². The molecule has 3 nitrogen and oxygen atoms in total. The summed E-state index contributed by atoms with van der Waals surface area (Å²) in [6, 6.07) is 13.8. The van der Waals surface area contributed by atoms with E-state index in [0.29, 0.717) is 5.69 Å². The number of fused-ring (bicyclic) bond motifs is 1. The lowest BCUT2D eigenvalue weighted by Crippen LogP contribution is -2.39. The fraction of sp³-hybridized carbons (Fsp3) is 0.316. The van der Waals surface area contributed by atoms with E-state index < -0.39 is 0 Å². The maximum absolute atomic E-state index is 13.6. The van der Waals surface area contributed by atoms with Crippen molar-refractivity contribution in [3.05, 3.63) is 65.4 Å². The molecule has 1 aromatic heterocycles. The highest BCUT2D eigenvalue weighted by molar-refractivity contribution is 5.74. The smallest absolute Gasteiger partial charge is 0.144 e. The van der Waals surface area contributed by atoms with Crippen molar-refractivity contribution < 1.29 is 4.39 Å². The number of hydrogen-bond donors (Lipinski definition) is 0. The maximum atomic E-state index is 13.6. The maximum Gasteiger partial charge on any atom is 0.144 e. The van der Waals surface area contributed by atoms with Crippen molar-refractivity contribution in [1.29, 1.82) is 0 Å². The van der Waals surface area contributed by atoms with Gasteiger partial charge in [0.25, 0.3) is 0 Å². The van der Waals surface area contributed by atoms with Crippen molar-refractivity contribution in [1.82, 2.24) is 9.99 Å². The summed E-state index contributed by atoms with van der Waals surface area (Å²) in [4.78, 5) is 4.49.